The predicted octanol–water partition coefficient (Wildman–Crippen LogP) is 2.93. The van der Waals surface area contributed by atoms with Crippen LogP contribution in [-0.2, 0) is 4.79 Å². The zero-order valence-corrected chi connectivity index (χ0v) is 10.7. The molecule has 1 aliphatic carbocycles. The molecule has 0 aromatic heterocycles. The summed E-state index contributed by atoms with van der Waals surface area (Å²) in [6, 6.07) is 0. The molecular formula is C10H12OS3. The summed E-state index contributed by atoms with van der Waals surface area (Å²) in [4.78, 5) is 11.7. The zero-order chi connectivity index (χ0) is 10.9. The molecule has 1 aliphatic rings. The van der Waals surface area contributed by atoms with Crippen molar-refractivity contribution < 1.29 is 4.79 Å². The molecule has 0 amide bonds. The van der Waals surface area contributed by atoms with Crippen LogP contribution in [0.3, 0.4) is 0 Å². The van der Waals surface area contributed by atoms with Gasteiger partial charge >= 0.3 is 0 Å². The minimum absolute atomic E-state index is 0.0267. The summed E-state index contributed by atoms with van der Waals surface area (Å²) >= 11 is 14.0. The van der Waals surface area contributed by atoms with Gasteiger partial charge < -0.3 is 0 Å². The van der Waals surface area contributed by atoms with Crippen molar-refractivity contribution in [3.63, 3.8) is 0 Å². The fraction of sp³-hybridized carbons (Fsp3) is 0.500. The van der Waals surface area contributed by atoms with E-state index in [9.17, 15) is 4.79 Å². The molecule has 0 aromatic carbocycles. The van der Waals surface area contributed by atoms with Gasteiger partial charge in [0.05, 0.1) is 4.20 Å². The molecule has 0 heterocycles. The number of carbonyl (C=O) groups excluding carboxylic acids is 1. The van der Waals surface area contributed by atoms with Crippen LogP contribution in [0.25, 0.3) is 0 Å². The lowest BCUT2D eigenvalue weighted by atomic mass is 9.74. The van der Waals surface area contributed by atoms with Gasteiger partial charge in [-0.2, -0.15) is 0 Å². The Labute approximate surface area is 100 Å². The molecule has 0 unspecified atom stereocenters. The zero-order valence-electron chi connectivity index (χ0n) is 8.16. The molecule has 0 radical (unpaired) electrons. The van der Waals surface area contributed by atoms with Crippen LogP contribution in [0.1, 0.15) is 26.7 Å². The number of thiol groups is 1. The van der Waals surface area contributed by atoms with Crippen LogP contribution in [0.5, 0.6) is 0 Å². The van der Waals surface area contributed by atoms with Gasteiger partial charge in [0, 0.05) is 17.4 Å². The lowest BCUT2D eigenvalue weighted by molar-refractivity contribution is -0.117. The van der Waals surface area contributed by atoms with E-state index in [2.05, 4.69) is 26.5 Å². The third-order valence-electron chi connectivity index (χ3n) is 2.30. The first-order valence-corrected chi connectivity index (χ1v) is 5.65. The largest absolute Gasteiger partial charge is 0.294 e. The summed E-state index contributed by atoms with van der Waals surface area (Å²) in [6.07, 6.45) is 1.32. The highest BCUT2D eigenvalue weighted by Crippen LogP contribution is 2.37. The Kier molecular flexibility index (Phi) is 3.61. The average Bonchev–Trinajstić information content (AvgIpc) is 2.01. The van der Waals surface area contributed by atoms with Crippen molar-refractivity contribution in [3.05, 3.63) is 11.1 Å². The quantitative estimate of drug-likeness (QED) is 0.594. The molecule has 0 fully saturated rings. The van der Waals surface area contributed by atoms with Crippen LogP contribution in [0.15, 0.2) is 11.1 Å². The number of carbonyl (C=O) groups is 1. The van der Waals surface area contributed by atoms with Crippen molar-refractivity contribution in [2.45, 2.75) is 26.7 Å². The van der Waals surface area contributed by atoms with Crippen LogP contribution in [0, 0.1) is 5.41 Å². The molecule has 4 heteroatoms. The molecule has 1 nitrogen and oxygen atoms in total. The Morgan fingerprint density at radius 3 is 2.50 bits per heavy atom. The van der Waals surface area contributed by atoms with Crippen molar-refractivity contribution in [1.29, 1.82) is 0 Å². The lowest BCUT2D eigenvalue weighted by Gasteiger charge is -2.30. The standard InChI is InChI=1S/C10H12OS3/c1-10(2)3-6(9(13)14)7(5-12)8(11)4-10/h5H,3-4H2,1-2H3,(H,13,14). The average molecular weight is 244 g/mol. The topological polar surface area (TPSA) is 17.1 Å². The molecule has 0 saturated carbocycles. The van der Waals surface area contributed by atoms with Gasteiger partial charge in [-0.15, -0.1) is 12.6 Å². The molecular weight excluding hydrogens is 232 g/mol. The minimum Gasteiger partial charge on any atom is -0.294 e. The van der Waals surface area contributed by atoms with E-state index in [0.29, 0.717) is 16.2 Å². The Balaban J connectivity index is 3.21. The number of ketones is 1. The SMILES string of the molecule is CC1(C)CC(=O)C(C=S)=C(C(=S)S)C1. The monoisotopic (exact) mass is 244 g/mol. The van der Waals surface area contributed by atoms with Crippen LogP contribution in [-0.4, -0.2) is 15.3 Å². The van der Waals surface area contributed by atoms with E-state index in [1.165, 1.54) is 5.37 Å². The van der Waals surface area contributed by atoms with Crippen LogP contribution in [0.4, 0.5) is 0 Å². The van der Waals surface area contributed by atoms with E-state index in [-0.39, 0.29) is 11.2 Å². The summed E-state index contributed by atoms with van der Waals surface area (Å²) in [5.41, 5.74) is 1.39. The molecule has 1 rings (SSSR count). The summed E-state index contributed by atoms with van der Waals surface area (Å²) in [7, 11) is 0. The minimum atomic E-state index is -0.0267. The molecule has 0 atom stereocenters. The molecule has 0 spiro atoms. The summed E-state index contributed by atoms with van der Waals surface area (Å²) < 4.78 is 0.488. The second-order valence-corrected chi connectivity index (χ2v) is 5.65. The normalized spacial score (nSPS) is 20.9. The van der Waals surface area contributed by atoms with E-state index in [1.54, 1.807) is 0 Å². The van der Waals surface area contributed by atoms with Gasteiger partial charge in [-0.1, -0.05) is 38.3 Å². The number of allylic oxidation sites excluding steroid dienone is 1. The number of hydrogen-bond acceptors (Lipinski definition) is 3. The maximum Gasteiger partial charge on any atom is 0.164 e. The number of thiocarbonyl (C=S) groups is 2. The van der Waals surface area contributed by atoms with E-state index < -0.39 is 0 Å². The van der Waals surface area contributed by atoms with Crippen molar-refractivity contribution in [2.24, 2.45) is 5.41 Å². The van der Waals surface area contributed by atoms with Crippen LogP contribution < -0.4 is 0 Å². The third kappa shape index (κ3) is 2.49. The first kappa shape index (κ1) is 12.0. The summed E-state index contributed by atoms with van der Waals surface area (Å²) in [5.74, 6) is 0.0858. The molecule has 76 valence electrons. The van der Waals surface area contributed by atoms with Crippen LogP contribution >= 0.6 is 37.1 Å². The number of Topliss-reactive ketones (excluding diaryl/α,β-unsaturated/α-hetero) is 1. The lowest BCUT2D eigenvalue weighted by Crippen LogP contribution is -2.27. The molecule has 0 saturated heterocycles. The molecule has 0 aliphatic heterocycles. The number of hydrogen-bond donors (Lipinski definition) is 1. The Morgan fingerprint density at radius 1 is 1.50 bits per heavy atom. The van der Waals surface area contributed by atoms with Gasteiger partial charge in [-0.05, 0) is 17.4 Å². The fourth-order valence-corrected chi connectivity index (χ4v) is 2.32. The maximum absolute atomic E-state index is 11.7. The van der Waals surface area contributed by atoms with Crippen molar-refractivity contribution in [1.82, 2.24) is 0 Å². The first-order chi connectivity index (χ1) is 6.37. The molecule has 0 N–H and O–H groups in total. The maximum atomic E-state index is 11.7. The summed E-state index contributed by atoms with van der Waals surface area (Å²) in [6.45, 7) is 4.11. The second-order valence-electron chi connectivity index (χ2n) is 4.26. The van der Waals surface area contributed by atoms with Gasteiger partial charge in [0.1, 0.15) is 0 Å². The Morgan fingerprint density at radius 2 is 2.07 bits per heavy atom. The summed E-state index contributed by atoms with van der Waals surface area (Å²) in [5, 5.41) is 1.43. The van der Waals surface area contributed by atoms with Gasteiger partial charge in [-0.3, -0.25) is 4.79 Å². The van der Waals surface area contributed by atoms with Crippen molar-refractivity contribution in [3.8, 4) is 0 Å². The first-order valence-electron chi connectivity index (χ1n) is 4.32. The van der Waals surface area contributed by atoms with E-state index in [4.69, 9.17) is 24.4 Å². The van der Waals surface area contributed by atoms with E-state index in [0.717, 1.165) is 12.0 Å². The Bertz CT molecular complexity index is 339. The molecule has 0 aromatic rings. The van der Waals surface area contributed by atoms with E-state index in [1.807, 2.05) is 0 Å². The fourth-order valence-electron chi connectivity index (χ4n) is 1.66. The smallest absolute Gasteiger partial charge is 0.164 e. The van der Waals surface area contributed by atoms with Gasteiger partial charge in [0.25, 0.3) is 0 Å². The Hall–Kier alpha value is -0.0600. The highest BCUT2D eigenvalue weighted by atomic mass is 32.1. The third-order valence-corrected chi connectivity index (χ3v) is 3.05. The molecule has 0 bridgehead atoms. The number of rotatable bonds is 2. The van der Waals surface area contributed by atoms with Gasteiger partial charge in [-0.25, -0.2) is 0 Å². The van der Waals surface area contributed by atoms with Crippen LogP contribution in [0.2, 0.25) is 0 Å². The highest BCUT2D eigenvalue weighted by molar-refractivity contribution is 8.11. The highest BCUT2D eigenvalue weighted by Gasteiger charge is 2.32. The molecule has 14 heavy (non-hydrogen) atoms. The second kappa shape index (κ2) is 4.21. The van der Waals surface area contributed by atoms with Gasteiger partial charge in [0.15, 0.2) is 5.78 Å². The van der Waals surface area contributed by atoms with Crippen molar-refractivity contribution in [2.75, 3.05) is 0 Å². The van der Waals surface area contributed by atoms with E-state index >= 15 is 0 Å². The van der Waals surface area contributed by atoms with Crippen molar-refractivity contribution >= 4 is 52.4 Å². The van der Waals surface area contributed by atoms with Gasteiger partial charge in [0.2, 0.25) is 0 Å². The predicted molar refractivity (Wildman–Crippen MR) is 70.3 cm³/mol.